The predicted molar refractivity (Wildman–Crippen MR) is 135 cm³/mol. The maximum Gasteiger partial charge on any atom is 0.159 e. The summed E-state index contributed by atoms with van der Waals surface area (Å²) in [4.78, 5) is 13.9. The van der Waals surface area contributed by atoms with Crippen LogP contribution in [0, 0.1) is 39.4 Å². The average molecular weight is 457 g/mol. The standard InChI is InChI=1S/C30H48O3/c1-19(10-9-14-26(2,3)33)20-11-17-30(8)25-21(12-16-29(20,30)7)28(6)15-13-24(32)27(4,5)23(28)18-22(25)31/h9,14,19-20,23-24,32-33H,10-13,15-18H2,1-8H3/b14-9+/t19-,20+,23+,24+,28-,29+,30-/m1/s1. The number of aliphatic hydroxyl groups excluding tert-OH is 1. The zero-order valence-corrected chi connectivity index (χ0v) is 22.4. The number of aliphatic hydroxyl groups is 2. The highest BCUT2D eigenvalue weighted by molar-refractivity contribution is 5.99. The largest absolute Gasteiger partial charge is 0.393 e. The number of allylic oxidation sites excluding steroid dienone is 3. The molecule has 0 bridgehead atoms. The third-order valence-electron chi connectivity index (χ3n) is 11.3. The van der Waals surface area contributed by atoms with Gasteiger partial charge in [0, 0.05) is 17.4 Å². The Labute approximate surface area is 202 Å². The zero-order valence-electron chi connectivity index (χ0n) is 22.4. The first kappa shape index (κ1) is 25.2. The molecule has 4 aliphatic carbocycles. The van der Waals surface area contributed by atoms with Crippen molar-refractivity contribution in [2.45, 2.75) is 118 Å². The van der Waals surface area contributed by atoms with Crippen molar-refractivity contribution in [1.29, 1.82) is 0 Å². The summed E-state index contributed by atoms with van der Waals surface area (Å²) in [5.74, 6) is 1.73. The van der Waals surface area contributed by atoms with Crippen LogP contribution in [-0.4, -0.2) is 27.7 Å². The monoisotopic (exact) mass is 456 g/mol. The molecule has 4 rings (SSSR count). The third kappa shape index (κ3) is 3.63. The fourth-order valence-corrected chi connectivity index (χ4v) is 9.04. The van der Waals surface area contributed by atoms with Crippen LogP contribution in [0.1, 0.15) is 107 Å². The Morgan fingerprint density at radius 1 is 1.09 bits per heavy atom. The first-order chi connectivity index (χ1) is 15.1. The molecule has 186 valence electrons. The van der Waals surface area contributed by atoms with Gasteiger partial charge in [0.15, 0.2) is 5.78 Å². The van der Waals surface area contributed by atoms with Gasteiger partial charge in [-0.2, -0.15) is 0 Å². The molecule has 4 aliphatic rings. The van der Waals surface area contributed by atoms with E-state index in [9.17, 15) is 15.0 Å². The Morgan fingerprint density at radius 3 is 2.39 bits per heavy atom. The second-order valence-electron chi connectivity index (χ2n) is 14.0. The predicted octanol–water partition coefficient (Wildman–Crippen LogP) is 6.63. The van der Waals surface area contributed by atoms with Gasteiger partial charge in [0.1, 0.15) is 0 Å². The zero-order chi connectivity index (χ0) is 24.6. The van der Waals surface area contributed by atoms with Crippen molar-refractivity contribution in [3.8, 4) is 0 Å². The maximum atomic E-state index is 13.9. The number of hydrogen-bond donors (Lipinski definition) is 2. The van der Waals surface area contributed by atoms with Crippen molar-refractivity contribution < 1.29 is 15.0 Å². The van der Waals surface area contributed by atoms with Gasteiger partial charge < -0.3 is 10.2 Å². The summed E-state index contributed by atoms with van der Waals surface area (Å²) in [6.45, 7) is 17.7. The van der Waals surface area contributed by atoms with Gasteiger partial charge in [0.25, 0.3) is 0 Å². The number of Topliss-reactive ketones (excluding diaryl/α,β-unsaturated/α-hetero) is 1. The number of rotatable bonds is 4. The van der Waals surface area contributed by atoms with E-state index in [2.05, 4.69) is 47.6 Å². The number of carbonyl (C=O) groups excluding carboxylic acids is 1. The molecule has 0 radical (unpaired) electrons. The molecule has 0 unspecified atom stereocenters. The molecule has 0 aromatic carbocycles. The Kier molecular flexibility index (Phi) is 5.94. The Morgan fingerprint density at radius 2 is 1.76 bits per heavy atom. The van der Waals surface area contributed by atoms with Gasteiger partial charge in [-0.15, -0.1) is 0 Å². The number of fused-ring (bicyclic) bond motifs is 4. The summed E-state index contributed by atoms with van der Waals surface area (Å²) in [5.41, 5.74) is 1.79. The average Bonchev–Trinajstić information content (AvgIpc) is 2.97. The van der Waals surface area contributed by atoms with Gasteiger partial charge in [0.05, 0.1) is 11.7 Å². The molecule has 3 heteroatoms. The minimum atomic E-state index is -0.764. The normalized spacial score (nSPS) is 43.9. The van der Waals surface area contributed by atoms with E-state index in [-0.39, 0.29) is 33.7 Å². The number of ketones is 1. The molecular formula is C30H48O3. The second-order valence-corrected chi connectivity index (χ2v) is 14.0. The lowest BCUT2D eigenvalue weighted by molar-refractivity contribution is -0.134. The van der Waals surface area contributed by atoms with E-state index in [1.54, 1.807) is 0 Å². The van der Waals surface area contributed by atoms with Gasteiger partial charge in [0.2, 0.25) is 0 Å². The van der Waals surface area contributed by atoms with Gasteiger partial charge >= 0.3 is 0 Å². The van der Waals surface area contributed by atoms with E-state index in [1.165, 1.54) is 17.6 Å². The SMILES string of the molecule is C[C@H](C/C=C/C(C)(C)O)[C@@H]1CC[C@]2(C)C3=C(CC[C@@]12C)[C@@]1(C)CC[C@H](O)C(C)(C)[C@@H]1CC3=O. The summed E-state index contributed by atoms with van der Waals surface area (Å²) in [7, 11) is 0. The molecular weight excluding hydrogens is 408 g/mol. The van der Waals surface area contributed by atoms with Crippen molar-refractivity contribution >= 4 is 5.78 Å². The lowest BCUT2D eigenvalue weighted by atomic mass is 9.43. The van der Waals surface area contributed by atoms with E-state index in [1.807, 2.05) is 19.9 Å². The van der Waals surface area contributed by atoms with Crippen molar-refractivity contribution in [2.24, 2.45) is 39.4 Å². The highest BCUT2D eigenvalue weighted by Crippen LogP contribution is 2.71. The van der Waals surface area contributed by atoms with E-state index in [4.69, 9.17) is 0 Å². The maximum absolute atomic E-state index is 13.9. The molecule has 0 aromatic rings. The lowest BCUT2D eigenvalue weighted by Gasteiger charge is -2.61. The molecule has 7 atom stereocenters. The van der Waals surface area contributed by atoms with Crippen LogP contribution in [0.25, 0.3) is 0 Å². The Hall–Kier alpha value is -0.930. The highest BCUT2D eigenvalue weighted by Gasteiger charge is 2.65. The molecule has 0 amide bonds. The Balaban J connectivity index is 1.69. The molecule has 0 aliphatic heterocycles. The number of hydrogen-bond acceptors (Lipinski definition) is 3. The smallest absolute Gasteiger partial charge is 0.159 e. The first-order valence-electron chi connectivity index (χ1n) is 13.4. The minimum absolute atomic E-state index is 0.0372. The molecule has 33 heavy (non-hydrogen) atoms. The third-order valence-corrected chi connectivity index (χ3v) is 11.3. The molecule has 2 saturated carbocycles. The van der Waals surface area contributed by atoms with Gasteiger partial charge in [-0.05, 0) is 92.8 Å². The Bertz CT molecular complexity index is 873. The van der Waals surface area contributed by atoms with Crippen LogP contribution < -0.4 is 0 Å². The fraction of sp³-hybridized carbons (Fsp3) is 0.833. The van der Waals surface area contributed by atoms with E-state index in [0.29, 0.717) is 24.0 Å². The highest BCUT2D eigenvalue weighted by atomic mass is 16.3. The number of carbonyl (C=O) groups is 1. The van der Waals surface area contributed by atoms with Crippen molar-refractivity contribution in [1.82, 2.24) is 0 Å². The van der Waals surface area contributed by atoms with Crippen molar-refractivity contribution in [2.75, 3.05) is 0 Å². The summed E-state index contributed by atoms with van der Waals surface area (Å²) < 4.78 is 0. The minimum Gasteiger partial charge on any atom is -0.393 e. The van der Waals surface area contributed by atoms with E-state index < -0.39 is 5.60 Å². The summed E-state index contributed by atoms with van der Waals surface area (Å²) in [6.07, 6.45) is 11.7. The lowest BCUT2D eigenvalue weighted by Crippen LogP contribution is -2.57. The van der Waals surface area contributed by atoms with Crippen LogP contribution in [0.2, 0.25) is 0 Å². The van der Waals surface area contributed by atoms with Crippen LogP contribution in [0.5, 0.6) is 0 Å². The van der Waals surface area contributed by atoms with Crippen LogP contribution in [0.3, 0.4) is 0 Å². The summed E-state index contributed by atoms with van der Waals surface area (Å²) in [6, 6.07) is 0. The van der Waals surface area contributed by atoms with Crippen molar-refractivity contribution in [3.05, 3.63) is 23.3 Å². The molecule has 2 N–H and O–H groups in total. The summed E-state index contributed by atoms with van der Waals surface area (Å²) >= 11 is 0. The molecule has 3 nitrogen and oxygen atoms in total. The van der Waals surface area contributed by atoms with Gasteiger partial charge in [-0.3, -0.25) is 4.79 Å². The topological polar surface area (TPSA) is 57.5 Å². The summed E-state index contributed by atoms with van der Waals surface area (Å²) in [5, 5.41) is 20.8. The van der Waals surface area contributed by atoms with Crippen LogP contribution in [0.15, 0.2) is 23.3 Å². The molecule has 0 saturated heterocycles. The second kappa shape index (κ2) is 7.79. The van der Waals surface area contributed by atoms with E-state index >= 15 is 0 Å². The molecule has 0 heterocycles. The van der Waals surface area contributed by atoms with Crippen LogP contribution in [0.4, 0.5) is 0 Å². The van der Waals surface area contributed by atoms with Crippen LogP contribution in [-0.2, 0) is 4.79 Å². The fourth-order valence-electron chi connectivity index (χ4n) is 9.04. The van der Waals surface area contributed by atoms with Gasteiger partial charge in [-0.1, -0.05) is 59.3 Å². The quantitative estimate of drug-likeness (QED) is 0.467. The molecule has 0 aromatic heterocycles. The van der Waals surface area contributed by atoms with E-state index in [0.717, 1.165) is 38.5 Å². The van der Waals surface area contributed by atoms with Crippen molar-refractivity contribution in [3.63, 3.8) is 0 Å². The molecule has 2 fully saturated rings. The van der Waals surface area contributed by atoms with Crippen LogP contribution >= 0.6 is 0 Å². The first-order valence-corrected chi connectivity index (χ1v) is 13.4. The molecule has 0 spiro atoms. The van der Waals surface area contributed by atoms with Gasteiger partial charge in [-0.25, -0.2) is 0 Å².